The number of rotatable bonds is 6. The van der Waals surface area contributed by atoms with Crippen LogP contribution in [0.3, 0.4) is 0 Å². The van der Waals surface area contributed by atoms with Crippen molar-refractivity contribution in [3.05, 3.63) is 46.2 Å². The number of nitrogens with one attached hydrogen (secondary N) is 1. The molecule has 3 atom stereocenters. The molecule has 0 amide bonds. The Kier molecular flexibility index (Phi) is 4.94. The van der Waals surface area contributed by atoms with Gasteiger partial charge in [0.15, 0.2) is 10.8 Å². The van der Waals surface area contributed by atoms with E-state index in [1.54, 1.807) is 11.8 Å². The van der Waals surface area contributed by atoms with E-state index in [1.165, 1.54) is 6.20 Å². The molecule has 2 fully saturated rings. The van der Waals surface area contributed by atoms with Crippen LogP contribution in [0.5, 0.6) is 5.75 Å². The second-order valence-corrected chi connectivity index (χ2v) is 8.78. The van der Waals surface area contributed by atoms with E-state index in [1.807, 2.05) is 24.3 Å². The molecule has 164 valence electrons. The first-order valence-electron chi connectivity index (χ1n) is 9.71. The highest BCUT2D eigenvalue weighted by molar-refractivity contribution is 7.11. The number of fused-ring (bicyclic) bond motifs is 2. The number of hydrogen-bond acceptors (Lipinski definition) is 8. The van der Waals surface area contributed by atoms with Crippen molar-refractivity contribution in [1.29, 1.82) is 0 Å². The molecule has 0 radical (unpaired) electrons. The van der Waals surface area contributed by atoms with Crippen molar-refractivity contribution in [1.82, 2.24) is 30.5 Å². The first kappa shape index (κ1) is 20.3. The van der Waals surface area contributed by atoms with E-state index >= 15 is 0 Å². The van der Waals surface area contributed by atoms with Gasteiger partial charge in [-0.1, -0.05) is 12.1 Å². The number of hydrogen-bond donors (Lipinski definition) is 1. The molecule has 12 heteroatoms. The smallest absolute Gasteiger partial charge is 0.443 e. The van der Waals surface area contributed by atoms with Crippen molar-refractivity contribution in [2.24, 2.45) is 5.92 Å². The highest BCUT2D eigenvalue weighted by Crippen LogP contribution is 2.49. The monoisotopic (exact) mass is 452 g/mol. The Labute approximate surface area is 179 Å². The van der Waals surface area contributed by atoms with Gasteiger partial charge in [-0.05, 0) is 41.3 Å². The first-order valence-corrected chi connectivity index (χ1v) is 10.5. The summed E-state index contributed by atoms with van der Waals surface area (Å²) < 4.78 is 51.9. The molecule has 1 N–H and O–H groups in total. The highest BCUT2D eigenvalue weighted by atomic mass is 32.1. The molecule has 31 heavy (non-hydrogen) atoms. The normalized spacial score (nSPS) is 25.3. The molecule has 1 saturated carbocycles. The van der Waals surface area contributed by atoms with E-state index in [0.29, 0.717) is 46.0 Å². The summed E-state index contributed by atoms with van der Waals surface area (Å²) in [5, 5.41) is 15.0. The predicted molar refractivity (Wildman–Crippen MR) is 104 cm³/mol. The van der Waals surface area contributed by atoms with Gasteiger partial charge in [0.05, 0.1) is 19.8 Å². The molecule has 3 unspecified atom stereocenters. The number of benzene rings is 1. The first-order chi connectivity index (χ1) is 14.9. The number of thiazole rings is 1. The van der Waals surface area contributed by atoms with Gasteiger partial charge in [-0.3, -0.25) is 5.32 Å². The van der Waals surface area contributed by atoms with Crippen molar-refractivity contribution in [2.45, 2.75) is 37.2 Å². The molecular formula is C19H19F3N6O2S. The van der Waals surface area contributed by atoms with Gasteiger partial charge >= 0.3 is 6.18 Å². The minimum Gasteiger partial charge on any atom is -0.494 e. The third kappa shape index (κ3) is 3.48. The lowest BCUT2D eigenvalue weighted by atomic mass is 9.90. The Hall–Kier alpha value is -2.57. The zero-order chi connectivity index (χ0) is 21.6. The van der Waals surface area contributed by atoms with Crippen LogP contribution >= 0.6 is 11.3 Å². The van der Waals surface area contributed by atoms with Gasteiger partial charge in [-0.15, -0.1) is 16.4 Å². The lowest BCUT2D eigenvalue weighted by Crippen LogP contribution is -2.52. The number of aromatic nitrogens is 5. The molecule has 3 aromatic rings. The molecule has 5 rings (SSSR count). The average molecular weight is 452 g/mol. The number of para-hydroxylation sites is 2. The fourth-order valence-electron chi connectivity index (χ4n) is 4.46. The standard InChI is InChI=1S/C19H19F3N6O2S/c1-29-14-5-3-2-4-13(14)28-16(25-26-27-28)18(7-11-6-15(18)30-10-11)24-9-12-8-23-17(31-12)19(20,21)22/h2-5,8,11,15,24H,6-7,9-10H2,1H3. The average Bonchev–Trinajstić information content (AvgIpc) is 3.55. The molecule has 3 heterocycles. The maximum Gasteiger partial charge on any atom is 0.443 e. The number of halogens is 3. The summed E-state index contributed by atoms with van der Waals surface area (Å²) in [6, 6.07) is 7.37. The number of nitrogens with zero attached hydrogens (tertiary/aromatic N) is 5. The van der Waals surface area contributed by atoms with Crippen LogP contribution in [-0.4, -0.2) is 45.0 Å². The number of ether oxygens (including phenoxy) is 2. The van der Waals surface area contributed by atoms with Crippen LogP contribution in [0, 0.1) is 5.92 Å². The van der Waals surface area contributed by atoms with Crippen LogP contribution in [-0.2, 0) is 23.0 Å². The van der Waals surface area contributed by atoms with Crippen molar-refractivity contribution in [3.63, 3.8) is 0 Å². The maximum absolute atomic E-state index is 12.9. The van der Waals surface area contributed by atoms with Gasteiger partial charge < -0.3 is 9.47 Å². The Morgan fingerprint density at radius 2 is 2.19 bits per heavy atom. The third-order valence-corrected chi connectivity index (χ3v) is 6.84. The Morgan fingerprint density at radius 3 is 2.87 bits per heavy atom. The van der Waals surface area contributed by atoms with Crippen LogP contribution in [0.15, 0.2) is 30.5 Å². The van der Waals surface area contributed by atoms with Crippen LogP contribution < -0.4 is 10.1 Å². The van der Waals surface area contributed by atoms with Crippen molar-refractivity contribution < 1.29 is 22.6 Å². The highest BCUT2D eigenvalue weighted by Gasteiger charge is 2.56. The second kappa shape index (κ2) is 7.53. The van der Waals surface area contributed by atoms with E-state index in [9.17, 15) is 13.2 Å². The van der Waals surface area contributed by atoms with Gasteiger partial charge in [-0.2, -0.15) is 17.9 Å². The molecule has 1 aliphatic heterocycles. The molecule has 0 spiro atoms. The van der Waals surface area contributed by atoms with Crippen molar-refractivity contribution in [3.8, 4) is 11.4 Å². The SMILES string of the molecule is COc1ccccc1-n1nnnc1C1(NCc2cnc(C(F)(F)F)s2)CC2COC1C2. The van der Waals surface area contributed by atoms with Gasteiger partial charge in [0.1, 0.15) is 17.0 Å². The molecule has 2 bridgehead atoms. The van der Waals surface area contributed by atoms with Gasteiger partial charge in [-0.25, -0.2) is 4.98 Å². The van der Waals surface area contributed by atoms with E-state index in [2.05, 4.69) is 25.8 Å². The summed E-state index contributed by atoms with van der Waals surface area (Å²) in [6.07, 6.45) is -1.83. The van der Waals surface area contributed by atoms with Crippen LogP contribution in [0.4, 0.5) is 13.2 Å². The zero-order valence-electron chi connectivity index (χ0n) is 16.5. The summed E-state index contributed by atoms with van der Waals surface area (Å²) in [5.41, 5.74) is -0.0681. The fraction of sp³-hybridized carbons (Fsp3) is 0.474. The van der Waals surface area contributed by atoms with E-state index < -0.39 is 16.7 Å². The molecule has 2 aliphatic rings. The largest absolute Gasteiger partial charge is 0.494 e. The maximum atomic E-state index is 12.9. The Bertz CT molecular complexity index is 1090. The minimum atomic E-state index is -4.45. The van der Waals surface area contributed by atoms with Crippen LogP contribution in [0.25, 0.3) is 5.69 Å². The number of tetrazole rings is 1. The molecule has 1 aliphatic carbocycles. The molecule has 2 aromatic heterocycles. The summed E-state index contributed by atoms with van der Waals surface area (Å²) >= 11 is 0.628. The van der Waals surface area contributed by atoms with Crippen LogP contribution in [0.1, 0.15) is 28.6 Å². The minimum absolute atomic E-state index is 0.188. The summed E-state index contributed by atoms with van der Waals surface area (Å²) in [7, 11) is 1.57. The summed E-state index contributed by atoms with van der Waals surface area (Å²) in [5.74, 6) is 1.48. The topological polar surface area (TPSA) is 87.0 Å². The van der Waals surface area contributed by atoms with Gasteiger partial charge in [0.25, 0.3) is 0 Å². The third-order valence-electron chi connectivity index (χ3n) is 5.80. The van der Waals surface area contributed by atoms with E-state index in [0.717, 1.165) is 12.8 Å². The van der Waals surface area contributed by atoms with Crippen molar-refractivity contribution >= 4 is 11.3 Å². The molecule has 8 nitrogen and oxygen atoms in total. The predicted octanol–water partition coefficient (Wildman–Crippen LogP) is 2.94. The van der Waals surface area contributed by atoms with E-state index in [4.69, 9.17) is 9.47 Å². The van der Waals surface area contributed by atoms with Crippen LogP contribution in [0.2, 0.25) is 0 Å². The quantitative estimate of drug-likeness (QED) is 0.615. The summed E-state index contributed by atoms with van der Waals surface area (Å²) in [4.78, 5) is 3.99. The molecule has 1 aromatic carbocycles. The lowest BCUT2D eigenvalue weighted by molar-refractivity contribution is -0.137. The van der Waals surface area contributed by atoms with Crippen molar-refractivity contribution in [2.75, 3.05) is 13.7 Å². The van der Waals surface area contributed by atoms with Gasteiger partial charge in [0.2, 0.25) is 0 Å². The summed E-state index contributed by atoms with van der Waals surface area (Å²) in [6.45, 7) is 0.849. The Morgan fingerprint density at radius 1 is 1.35 bits per heavy atom. The van der Waals surface area contributed by atoms with E-state index in [-0.39, 0.29) is 12.6 Å². The second-order valence-electron chi connectivity index (χ2n) is 7.67. The lowest BCUT2D eigenvalue weighted by Gasteiger charge is -2.37. The molecule has 1 saturated heterocycles. The zero-order valence-corrected chi connectivity index (χ0v) is 17.3. The molecular weight excluding hydrogens is 433 g/mol. The number of methoxy groups -OCH3 is 1. The Balaban J connectivity index is 1.50. The van der Waals surface area contributed by atoms with Gasteiger partial charge in [0, 0.05) is 17.6 Å². The number of alkyl halides is 3. The fourth-order valence-corrected chi connectivity index (χ4v) is 5.18.